The quantitative estimate of drug-likeness (QED) is 0.323. The third kappa shape index (κ3) is 8.34. The predicted molar refractivity (Wildman–Crippen MR) is 136 cm³/mol. The Morgan fingerprint density at radius 1 is 0.921 bits per heavy atom. The van der Waals surface area contributed by atoms with Gasteiger partial charge in [-0.3, -0.25) is 4.79 Å². The van der Waals surface area contributed by atoms with E-state index in [4.69, 9.17) is 14.6 Å². The Bertz CT molecular complexity index is 1230. The molecule has 2 saturated carbocycles. The minimum atomic E-state index is -5.08. The first kappa shape index (κ1) is 27.2. The lowest BCUT2D eigenvalue weighted by molar-refractivity contribution is -0.192. The first-order chi connectivity index (χ1) is 18.2. The van der Waals surface area contributed by atoms with Gasteiger partial charge in [0.1, 0.15) is 11.5 Å². The van der Waals surface area contributed by atoms with Crippen molar-refractivity contribution in [3.8, 4) is 11.5 Å². The van der Waals surface area contributed by atoms with Crippen LogP contribution in [0.4, 0.5) is 13.2 Å². The highest BCUT2D eigenvalue weighted by Crippen LogP contribution is 2.41. The van der Waals surface area contributed by atoms with Crippen LogP contribution >= 0.6 is 0 Å². The van der Waals surface area contributed by atoms with Crippen molar-refractivity contribution < 1.29 is 32.6 Å². The van der Waals surface area contributed by atoms with Gasteiger partial charge >= 0.3 is 12.1 Å². The van der Waals surface area contributed by atoms with Crippen LogP contribution in [0.5, 0.6) is 11.5 Å². The Morgan fingerprint density at radius 2 is 1.58 bits per heavy atom. The maximum Gasteiger partial charge on any atom is 0.490 e. The van der Waals surface area contributed by atoms with Crippen molar-refractivity contribution in [1.82, 2.24) is 10.6 Å². The highest BCUT2D eigenvalue weighted by Gasteiger charge is 2.39. The molecule has 2 aliphatic rings. The van der Waals surface area contributed by atoms with Gasteiger partial charge in [-0.1, -0.05) is 42.5 Å². The van der Waals surface area contributed by atoms with Gasteiger partial charge in [0.15, 0.2) is 0 Å². The number of hydrogen-bond donors (Lipinski definition) is 3. The third-order valence-corrected chi connectivity index (χ3v) is 6.33. The molecule has 6 nitrogen and oxygen atoms in total. The molecule has 9 heteroatoms. The number of carboxylic acid groups (broad SMARTS) is 1. The molecule has 38 heavy (non-hydrogen) atoms. The summed E-state index contributed by atoms with van der Waals surface area (Å²) in [6.07, 6.45) is -1.10. The van der Waals surface area contributed by atoms with E-state index in [1.807, 2.05) is 66.7 Å². The zero-order chi connectivity index (χ0) is 27.1. The molecule has 0 saturated heterocycles. The Balaban J connectivity index is 0.000000426. The number of rotatable bonds is 9. The lowest BCUT2D eigenvalue weighted by Crippen LogP contribution is -2.22. The van der Waals surface area contributed by atoms with Gasteiger partial charge < -0.3 is 20.5 Å². The zero-order valence-corrected chi connectivity index (χ0v) is 20.6. The van der Waals surface area contributed by atoms with Crippen LogP contribution in [0, 0.1) is 5.92 Å². The van der Waals surface area contributed by atoms with Crippen LogP contribution in [0.3, 0.4) is 0 Å². The van der Waals surface area contributed by atoms with E-state index in [0.29, 0.717) is 24.1 Å². The lowest BCUT2D eigenvalue weighted by atomic mass is 10.1. The van der Waals surface area contributed by atoms with Gasteiger partial charge in [-0.05, 0) is 79.3 Å². The Morgan fingerprint density at radius 3 is 2.21 bits per heavy atom. The van der Waals surface area contributed by atoms with E-state index in [1.54, 1.807) is 0 Å². The minimum absolute atomic E-state index is 0.0554. The Kier molecular flexibility index (Phi) is 8.68. The number of ether oxygens (including phenoxy) is 1. The number of aliphatic carboxylic acids is 1. The van der Waals surface area contributed by atoms with Crippen LogP contribution in [-0.4, -0.2) is 35.7 Å². The normalized spacial score (nSPS) is 18.1. The number of halogens is 3. The number of alkyl halides is 3. The molecule has 5 rings (SSSR count). The summed E-state index contributed by atoms with van der Waals surface area (Å²) in [4.78, 5) is 21.5. The number of amides is 1. The fraction of sp³-hybridized carbons (Fsp3) is 0.310. The van der Waals surface area contributed by atoms with Crippen LogP contribution < -0.4 is 15.4 Å². The molecule has 2 aliphatic carbocycles. The smallest absolute Gasteiger partial charge is 0.475 e. The van der Waals surface area contributed by atoms with Gasteiger partial charge in [-0.15, -0.1) is 0 Å². The molecule has 0 aliphatic heterocycles. The molecular formula is C29H29F3N2O4. The van der Waals surface area contributed by atoms with Crippen LogP contribution in [-0.2, 0) is 11.3 Å². The van der Waals surface area contributed by atoms with E-state index in [0.717, 1.165) is 23.0 Å². The van der Waals surface area contributed by atoms with Crippen LogP contribution in [0.25, 0.3) is 0 Å². The molecule has 2 unspecified atom stereocenters. The number of benzene rings is 3. The van der Waals surface area contributed by atoms with E-state index in [1.165, 1.54) is 31.4 Å². The topological polar surface area (TPSA) is 87.7 Å². The SMILES string of the molecule is O=C(NCc1cccc(Oc2ccccc2)c1)c1ccc(C2CC2NCC2CC2)cc1.O=C(O)C(F)(F)F. The van der Waals surface area contributed by atoms with Crippen LogP contribution in [0.2, 0.25) is 0 Å². The molecule has 3 aromatic carbocycles. The van der Waals surface area contributed by atoms with Gasteiger partial charge in [0.25, 0.3) is 5.91 Å². The van der Waals surface area contributed by atoms with E-state index < -0.39 is 12.1 Å². The van der Waals surface area contributed by atoms with Crippen LogP contribution in [0.1, 0.15) is 46.7 Å². The summed E-state index contributed by atoms with van der Waals surface area (Å²) in [6.45, 7) is 1.63. The van der Waals surface area contributed by atoms with E-state index >= 15 is 0 Å². The van der Waals surface area contributed by atoms with Gasteiger partial charge in [0, 0.05) is 24.1 Å². The summed E-state index contributed by atoms with van der Waals surface area (Å²) < 4.78 is 37.6. The molecule has 1 amide bonds. The van der Waals surface area contributed by atoms with Crippen molar-refractivity contribution in [2.75, 3.05) is 6.54 Å². The molecule has 200 valence electrons. The average Bonchev–Trinajstić information content (AvgIpc) is 3.82. The highest BCUT2D eigenvalue weighted by molar-refractivity contribution is 5.94. The molecule has 0 heterocycles. The van der Waals surface area contributed by atoms with Crippen molar-refractivity contribution in [2.24, 2.45) is 5.92 Å². The van der Waals surface area contributed by atoms with Crippen molar-refractivity contribution in [1.29, 1.82) is 0 Å². The summed E-state index contributed by atoms with van der Waals surface area (Å²) in [5, 5.41) is 13.8. The standard InChI is InChI=1S/C27H28N2O2.C2HF3O2/c30-27(22-13-11-21(12-14-22)25-16-26(25)28-17-19-9-10-19)29-18-20-5-4-8-24(15-20)31-23-6-2-1-3-7-23;3-2(4,5)1(6)7/h1-8,11-15,19,25-26,28H,9-10,16-18H2,(H,29,30);(H,6,7). The lowest BCUT2D eigenvalue weighted by Gasteiger charge is -2.09. The molecule has 0 radical (unpaired) electrons. The fourth-order valence-electron chi connectivity index (χ4n) is 3.94. The van der Waals surface area contributed by atoms with E-state index in [9.17, 15) is 18.0 Å². The summed E-state index contributed by atoms with van der Waals surface area (Å²) >= 11 is 0. The first-order valence-corrected chi connectivity index (χ1v) is 12.4. The van der Waals surface area contributed by atoms with E-state index in [-0.39, 0.29) is 5.91 Å². The second-order valence-corrected chi connectivity index (χ2v) is 9.47. The second kappa shape index (κ2) is 12.1. The predicted octanol–water partition coefficient (Wildman–Crippen LogP) is 5.90. The monoisotopic (exact) mass is 526 g/mol. The van der Waals surface area contributed by atoms with Crippen molar-refractivity contribution in [3.05, 3.63) is 95.6 Å². The minimum Gasteiger partial charge on any atom is -0.475 e. The van der Waals surface area contributed by atoms with Gasteiger partial charge in [-0.25, -0.2) is 4.79 Å². The number of hydrogen-bond acceptors (Lipinski definition) is 4. The maximum absolute atomic E-state index is 12.6. The number of para-hydroxylation sites is 1. The third-order valence-electron chi connectivity index (χ3n) is 6.33. The zero-order valence-electron chi connectivity index (χ0n) is 20.6. The first-order valence-electron chi connectivity index (χ1n) is 12.4. The summed E-state index contributed by atoms with van der Waals surface area (Å²) in [6, 6.07) is 26.2. The summed E-state index contributed by atoms with van der Waals surface area (Å²) in [5.41, 5.74) is 3.03. The summed E-state index contributed by atoms with van der Waals surface area (Å²) in [7, 11) is 0. The van der Waals surface area contributed by atoms with Crippen molar-refractivity contribution >= 4 is 11.9 Å². The molecule has 0 bridgehead atoms. The van der Waals surface area contributed by atoms with Crippen molar-refractivity contribution in [3.63, 3.8) is 0 Å². The fourth-order valence-corrected chi connectivity index (χ4v) is 3.94. The maximum atomic E-state index is 12.6. The molecule has 0 aromatic heterocycles. The van der Waals surface area contributed by atoms with Gasteiger partial charge in [0.2, 0.25) is 0 Å². The Labute approximate surface area is 218 Å². The Hall–Kier alpha value is -3.85. The van der Waals surface area contributed by atoms with E-state index in [2.05, 4.69) is 22.8 Å². The highest BCUT2D eigenvalue weighted by atomic mass is 19.4. The molecule has 0 spiro atoms. The van der Waals surface area contributed by atoms with Crippen LogP contribution in [0.15, 0.2) is 78.9 Å². The van der Waals surface area contributed by atoms with Gasteiger partial charge in [0.05, 0.1) is 0 Å². The number of nitrogens with one attached hydrogen (secondary N) is 2. The average molecular weight is 527 g/mol. The number of carbonyl (C=O) groups is 2. The van der Waals surface area contributed by atoms with Crippen molar-refractivity contribution in [2.45, 2.75) is 43.9 Å². The second-order valence-electron chi connectivity index (χ2n) is 9.47. The molecule has 2 fully saturated rings. The number of carbonyl (C=O) groups excluding carboxylic acids is 1. The molecule has 3 N–H and O–H groups in total. The molecule has 2 atom stereocenters. The van der Waals surface area contributed by atoms with Gasteiger partial charge in [-0.2, -0.15) is 13.2 Å². The number of carboxylic acids is 1. The largest absolute Gasteiger partial charge is 0.490 e. The summed E-state index contributed by atoms with van der Waals surface area (Å²) in [5.74, 6) is 0.259. The molecular weight excluding hydrogens is 497 g/mol. The molecule has 3 aromatic rings.